The zero-order valence-corrected chi connectivity index (χ0v) is 35.9. The third-order valence-corrected chi connectivity index (χ3v) is 12.5. The van der Waals surface area contributed by atoms with E-state index in [2.05, 4.69) is 39.8 Å². The first-order valence-electron chi connectivity index (χ1n) is 21.5. The van der Waals surface area contributed by atoms with E-state index < -0.39 is 50.4 Å². The molecule has 3 heterocycles. The maximum atomic E-state index is 14.9. The summed E-state index contributed by atoms with van der Waals surface area (Å²) in [6.07, 6.45) is 20.1. The fourth-order valence-corrected chi connectivity index (χ4v) is 9.02. The third-order valence-electron chi connectivity index (χ3n) is 11.0. The van der Waals surface area contributed by atoms with E-state index in [0.29, 0.717) is 0 Å². The average molecular weight is 849 g/mol. The van der Waals surface area contributed by atoms with Crippen LogP contribution in [0.2, 0.25) is 0 Å². The van der Waals surface area contributed by atoms with Crippen LogP contribution in [0.15, 0.2) is 67.0 Å². The number of terminal acetylenes is 1. The lowest BCUT2D eigenvalue weighted by Gasteiger charge is -2.30. The Bertz CT molecular complexity index is 1980. The van der Waals surface area contributed by atoms with E-state index in [1.807, 2.05) is 30.3 Å². The summed E-state index contributed by atoms with van der Waals surface area (Å²) in [5.74, 6) is 2.11. The second kappa shape index (κ2) is 23.6. The van der Waals surface area contributed by atoms with Crippen LogP contribution in [0.5, 0.6) is 5.75 Å². The number of aromatic nitrogens is 4. The first-order valence-corrected chi connectivity index (χ1v) is 23.1. The Labute approximate surface area is 354 Å². The lowest BCUT2D eigenvalue weighted by atomic mass is 9.94. The molecular formula is C45H62FN6O7P. The van der Waals surface area contributed by atoms with Gasteiger partial charge in [-0.15, -0.1) is 6.42 Å². The summed E-state index contributed by atoms with van der Waals surface area (Å²) in [7, 11) is -4.51. The normalized spacial score (nSPS) is 19.3. The van der Waals surface area contributed by atoms with Crippen molar-refractivity contribution in [2.75, 3.05) is 18.9 Å². The molecule has 5 rings (SSSR count). The summed E-state index contributed by atoms with van der Waals surface area (Å²) >= 11 is 0. The first-order chi connectivity index (χ1) is 29.1. The summed E-state index contributed by atoms with van der Waals surface area (Å²) in [6.45, 7) is 4.04. The number of benzene rings is 2. The second-order valence-corrected chi connectivity index (χ2v) is 17.4. The van der Waals surface area contributed by atoms with Crippen LogP contribution in [0.1, 0.15) is 122 Å². The molecule has 1 aliphatic heterocycles. The number of para-hydroxylation sites is 1. The van der Waals surface area contributed by atoms with Crippen molar-refractivity contribution in [3.05, 3.63) is 78.6 Å². The maximum absolute atomic E-state index is 14.9. The van der Waals surface area contributed by atoms with Crippen LogP contribution in [0, 0.1) is 24.3 Å². The summed E-state index contributed by atoms with van der Waals surface area (Å²) in [5.41, 5.74) is 4.97. The van der Waals surface area contributed by atoms with Crippen molar-refractivity contribution in [3.8, 4) is 18.1 Å². The van der Waals surface area contributed by atoms with Crippen molar-refractivity contribution in [2.45, 2.75) is 141 Å². The number of nitrogens with two attached hydrogens (primary N) is 1. The van der Waals surface area contributed by atoms with Gasteiger partial charge in [0.15, 0.2) is 22.6 Å². The second-order valence-electron chi connectivity index (χ2n) is 15.7. The van der Waals surface area contributed by atoms with E-state index in [9.17, 15) is 18.9 Å². The molecule has 0 amide bonds. The molecule has 4 aromatic rings. The van der Waals surface area contributed by atoms with Crippen LogP contribution in [0.25, 0.3) is 11.2 Å². The van der Waals surface area contributed by atoms with Gasteiger partial charge < -0.3 is 24.8 Å². The van der Waals surface area contributed by atoms with Gasteiger partial charge in [-0.25, -0.2) is 9.55 Å². The van der Waals surface area contributed by atoms with Gasteiger partial charge in [-0.1, -0.05) is 145 Å². The lowest BCUT2D eigenvalue weighted by Crippen LogP contribution is -2.44. The smallest absolute Gasteiger partial charge is 0.459 e. The van der Waals surface area contributed by atoms with Gasteiger partial charge in [-0.3, -0.25) is 13.9 Å². The summed E-state index contributed by atoms with van der Waals surface area (Å²) in [6, 6.07) is 16.5. The molecule has 4 N–H and O–H groups in total. The van der Waals surface area contributed by atoms with Crippen molar-refractivity contribution in [1.29, 1.82) is 0 Å². The number of nitrogens with zero attached hydrogens (tertiary/aromatic N) is 4. The Morgan fingerprint density at radius 3 is 2.25 bits per heavy atom. The van der Waals surface area contributed by atoms with Gasteiger partial charge in [0, 0.05) is 6.42 Å². The number of hydrogen-bond donors (Lipinski definition) is 3. The van der Waals surface area contributed by atoms with E-state index in [-0.39, 0.29) is 48.1 Å². The van der Waals surface area contributed by atoms with Gasteiger partial charge in [0.25, 0.3) is 0 Å². The van der Waals surface area contributed by atoms with Crippen molar-refractivity contribution in [3.63, 3.8) is 0 Å². The number of carbonyl (C=O) groups excluding carboxylic acids is 1. The Morgan fingerprint density at radius 2 is 1.62 bits per heavy atom. The number of anilines is 1. The van der Waals surface area contributed by atoms with Gasteiger partial charge in [0.1, 0.15) is 30.7 Å². The number of hydrogen-bond acceptors (Lipinski definition) is 11. The molecule has 0 saturated carbocycles. The molecule has 2 aromatic heterocycles. The molecule has 15 heteroatoms. The standard InChI is InChI=1S/C45H62FN6O7P/c1-4-7-9-11-13-17-25-35(26-18-14-12-10-8-5-2)31-56-43(54)37(29-34-23-19-15-20-24-34)51-60(55,59-36-27-21-16-22-28-36)57-32-45(6-3)38(53)30-39(58-45)52-33-48-40-41(47)49-44(46)50-42(40)52/h3,15-16,19-24,27-28,33,35,37-39,53H,4-5,7-14,17-18,25-26,29-32H2,1-2H3,(H,51,55)(H2,47,49,50)/t37?,38-,39+,45+,60-/m0/s1. The number of esters is 1. The molecule has 1 aliphatic rings. The highest BCUT2D eigenvalue weighted by atomic mass is 31.2. The summed E-state index contributed by atoms with van der Waals surface area (Å²) in [4.78, 5) is 25.7. The molecule has 0 radical (unpaired) electrons. The number of imidazole rings is 1. The number of aliphatic hydroxyl groups excluding tert-OH is 1. The Balaban J connectivity index is 1.34. The minimum Gasteiger partial charge on any atom is -0.464 e. The zero-order chi connectivity index (χ0) is 42.8. The molecule has 0 bridgehead atoms. The van der Waals surface area contributed by atoms with Crippen molar-refractivity contribution < 1.29 is 37.4 Å². The van der Waals surface area contributed by atoms with Crippen molar-refractivity contribution in [2.24, 2.45) is 5.92 Å². The minimum atomic E-state index is -4.51. The van der Waals surface area contributed by atoms with Crippen molar-refractivity contribution in [1.82, 2.24) is 24.6 Å². The number of unbranched alkanes of at least 4 members (excludes halogenated alkanes) is 10. The van der Waals surface area contributed by atoms with Crippen LogP contribution < -0.4 is 15.3 Å². The largest absolute Gasteiger partial charge is 0.464 e. The molecule has 1 unspecified atom stereocenters. The SMILES string of the molecule is C#C[C@]1(CO[P@@](=O)(NC(Cc2ccccc2)C(=O)OCC(CCCCCCCC)CCCCCCCC)Oc2ccccc2)O[C@@H](n2cnc3c(N)nc(F)nc32)C[C@@H]1O. The van der Waals surface area contributed by atoms with Gasteiger partial charge in [-0.2, -0.15) is 19.4 Å². The Kier molecular flexibility index (Phi) is 18.3. The summed E-state index contributed by atoms with van der Waals surface area (Å²) in [5, 5.41) is 14.2. The number of fused-ring (bicyclic) bond motifs is 1. The molecule has 1 saturated heterocycles. The van der Waals surface area contributed by atoms with E-state index in [4.69, 9.17) is 30.7 Å². The molecule has 5 atom stereocenters. The highest BCUT2D eigenvalue weighted by molar-refractivity contribution is 7.52. The van der Waals surface area contributed by atoms with Crippen LogP contribution in [0.3, 0.4) is 0 Å². The van der Waals surface area contributed by atoms with Crippen LogP contribution in [0.4, 0.5) is 10.2 Å². The molecule has 60 heavy (non-hydrogen) atoms. The Morgan fingerprint density at radius 1 is 1.00 bits per heavy atom. The molecule has 13 nitrogen and oxygen atoms in total. The monoisotopic (exact) mass is 848 g/mol. The molecule has 0 aliphatic carbocycles. The van der Waals surface area contributed by atoms with Crippen molar-refractivity contribution >= 4 is 30.7 Å². The summed E-state index contributed by atoms with van der Waals surface area (Å²) < 4.78 is 54.9. The number of aliphatic hydroxyl groups is 1. The lowest BCUT2D eigenvalue weighted by molar-refractivity contribution is -0.147. The average Bonchev–Trinajstić information content (AvgIpc) is 3.82. The number of carbonyl (C=O) groups is 1. The first kappa shape index (κ1) is 46.7. The van der Waals surface area contributed by atoms with Gasteiger partial charge in [0.05, 0.1) is 12.9 Å². The van der Waals surface area contributed by atoms with Crippen LogP contribution in [-0.4, -0.2) is 61.6 Å². The highest BCUT2D eigenvalue weighted by Gasteiger charge is 2.50. The zero-order valence-electron chi connectivity index (χ0n) is 35.1. The Hall–Kier alpha value is -4.38. The van der Waals surface area contributed by atoms with E-state index in [0.717, 1.165) is 44.1 Å². The number of rotatable bonds is 27. The molecule has 0 spiro atoms. The maximum Gasteiger partial charge on any atom is 0.459 e. The highest BCUT2D eigenvalue weighted by Crippen LogP contribution is 2.48. The third kappa shape index (κ3) is 13.6. The predicted molar refractivity (Wildman–Crippen MR) is 230 cm³/mol. The number of nitrogen functional groups attached to an aromatic ring is 1. The van der Waals surface area contributed by atoms with Crippen LogP contribution in [-0.2, 0) is 29.8 Å². The molecule has 326 valence electrons. The minimum absolute atomic E-state index is 0.0362. The number of halogens is 1. The predicted octanol–water partition coefficient (Wildman–Crippen LogP) is 9.26. The fraction of sp³-hybridized carbons (Fsp3) is 0.556. The topological polar surface area (TPSA) is 173 Å². The number of ether oxygens (including phenoxy) is 2. The fourth-order valence-electron chi connectivity index (χ4n) is 7.50. The molecule has 2 aromatic carbocycles. The van der Waals surface area contributed by atoms with E-state index in [1.54, 1.807) is 30.3 Å². The van der Waals surface area contributed by atoms with Crippen LogP contribution >= 0.6 is 7.75 Å². The van der Waals surface area contributed by atoms with E-state index >= 15 is 0 Å². The molecule has 1 fully saturated rings. The van der Waals surface area contributed by atoms with E-state index in [1.165, 1.54) is 62.3 Å². The quantitative estimate of drug-likeness (QED) is 0.0171. The number of nitrogens with one attached hydrogen (secondary N) is 1. The molecular weight excluding hydrogens is 787 g/mol. The van der Waals surface area contributed by atoms with Gasteiger partial charge in [-0.05, 0) is 42.9 Å². The van der Waals surface area contributed by atoms with Gasteiger partial charge >= 0.3 is 19.8 Å². The van der Waals surface area contributed by atoms with Gasteiger partial charge in [0.2, 0.25) is 0 Å².